The van der Waals surface area contributed by atoms with Gasteiger partial charge < -0.3 is 14.8 Å². The summed E-state index contributed by atoms with van der Waals surface area (Å²) in [5.74, 6) is -0.852. The Morgan fingerprint density at radius 1 is 1.11 bits per heavy atom. The van der Waals surface area contributed by atoms with Crippen LogP contribution >= 0.6 is 11.6 Å². The minimum Gasteiger partial charge on any atom is -0.482 e. The van der Waals surface area contributed by atoms with Crippen LogP contribution in [0.2, 0.25) is 5.02 Å². The third-order valence-electron chi connectivity index (χ3n) is 3.77. The Kier molecular flexibility index (Phi) is 7.19. The predicted octanol–water partition coefficient (Wildman–Crippen LogP) is 4.55. The summed E-state index contributed by atoms with van der Waals surface area (Å²) in [6.45, 7) is 5.26. The van der Waals surface area contributed by atoms with E-state index in [1.54, 1.807) is 12.1 Å². The van der Waals surface area contributed by atoms with Crippen LogP contribution in [0.4, 0.5) is 10.1 Å². The van der Waals surface area contributed by atoms with E-state index in [9.17, 15) is 14.0 Å². The van der Waals surface area contributed by atoms with Gasteiger partial charge in [-0.1, -0.05) is 37.6 Å². The van der Waals surface area contributed by atoms with Crippen LogP contribution in [0.5, 0.6) is 5.75 Å². The average molecular weight is 394 g/mol. The first-order valence-corrected chi connectivity index (χ1v) is 8.82. The van der Waals surface area contributed by atoms with Crippen LogP contribution in [0.3, 0.4) is 0 Å². The van der Waals surface area contributed by atoms with Gasteiger partial charge in [-0.25, -0.2) is 9.18 Å². The zero-order valence-electron chi connectivity index (χ0n) is 15.3. The molecule has 0 radical (unpaired) electrons. The van der Waals surface area contributed by atoms with Crippen LogP contribution in [-0.4, -0.2) is 24.6 Å². The standard InChI is InChI=1S/C20H21ClFNO4/c1-12(2)14-4-7-16(8-5-14)26-11-19(24)27-13(3)20(25)23-18-9-6-15(22)10-17(18)21/h4-10,12-13H,11H2,1-3H3,(H,23,25)/t13-/m0/s1. The molecule has 0 aromatic heterocycles. The normalized spacial score (nSPS) is 11.8. The molecule has 0 saturated carbocycles. The van der Waals surface area contributed by atoms with Gasteiger partial charge in [-0.15, -0.1) is 0 Å². The van der Waals surface area contributed by atoms with Gasteiger partial charge in [-0.3, -0.25) is 4.79 Å². The molecular formula is C20H21ClFNO4. The Balaban J connectivity index is 1.82. The van der Waals surface area contributed by atoms with Gasteiger partial charge in [0.25, 0.3) is 5.91 Å². The third-order valence-corrected chi connectivity index (χ3v) is 4.08. The van der Waals surface area contributed by atoms with Crippen molar-refractivity contribution >= 4 is 29.2 Å². The lowest BCUT2D eigenvalue weighted by atomic mass is 10.0. The molecule has 0 spiro atoms. The molecule has 0 aliphatic carbocycles. The summed E-state index contributed by atoms with van der Waals surface area (Å²) in [6.07, 6.45) is -1.06. The lowest BCUT2D eigenvalue weighted by Gasteiger charge is -2.14. The highest BCUT2D eigenvalue weighted by Crippen LogP contribution is 2.22. The lowest BCUT2D eigenvalue weighted by Crippen LogP contribution is -2.31. The molecule has 0 fully saturated rings. The maximum absolute atomic E-state index is 13.0. The minimum absolute atomic E-state index is 0.0510. The lowest BCUT2D eigenvalue weighted by molar-refractivity contribution is -0.155. The quantitative estimate of drug-likeness (QED) is 0.701. The Morgan fingerprint density at radius 3 is 2.37 bits per heavy atom. The number of nitrogens with one attached hydrogen (secondary N) is 1. The SMILES string of the molecule is CC(C)c1ccc(OCC(=O)O[C@@H](C)C(=O)Nc2ccc(F)cc2Cl)cc1. The summed E-state index contributed by atoms with van der Waals surface area (Å²) in [5, 5.41) is 2.53. The zero-order valence-corrected chi connectivity index (χ0v) is 16.0. The monoisotopic (exact) mass is 393 g/mol. The molecule has 1 atom stereocenters. The molecule has 2 aromatic rings. The van der Waals surface area contributed by atoms with Crippen molar-refractivity contribution in [3.63, 3.8) is 0 Å². The van der Waals surface area contributed by atoms with E-state index in [1.165, 1.54) is 13.0 Å². The highest BCUT2D eigenvalue weighted by Gasteiger charge is 2.19. The van der Waals surface area contributed by atoms with Gasteiger partial charge in [-0.2, -0.15) is 0 Å². The van der Waals surface area contributed by atoms with Gasteiger partial charge in [0.1, 0.15) is 11.6 Å². The summed E-state index contributed by atoms with van der Waals surface area (Å²) >= 11 is 5.85. The van der Waals surface area contributed by atoms with Crippen LogP contribution in [0.1, 0.15) is 32.3 Å². The molecule has 5 nitrogen and oxygen atoms in total. The van der Waals surface area contributed by atoms with E-state index in [1.807, 2.05) is 12.1 Å². The number of ether oxygens (including phenoxy) is 2. The smallest absolute Gasteiger partial charge is 0.344 e. The van der Waals surface area contributed by atoms with Crippen molar-refractivity contribution in [3.05, 3.63) is 58.9 Å². The number of halogens is 2. The number of anilines is 1. The van der Waals surface area contributed by atoms with Gasteiger partial charge in [0, 0.05) is 0 Å². The summed E-state index contributed by atoms with van der Waals surface area (Å²) in [5.41, 5.74) is 1.39. The van der Waals surface area contributed by atoms with Crippen molar-refractivity contribution in [3.8, 4) is 5.75 Å². The summed E-state index contributed by atoms with van der Waals surface area (Å²) < 4.78 is 23.4. The molecule has 0 unspecified atom stereocenters. The maximum atomic E-state index is 13.0. The van der Waals surface area contributed by atoms with Gasteiger partial charge in [0.2, 0.25) is 0 Å². The maximum Gasteiger partial charge on any atom is 0.344 e. The summed E-state index contributed by atoms with van der Waals surface area (Å²) in [7, 11) is 0. The topological polar surface area (TPSA) is 64.6 Å². The highest BCUT2D eigenvalue weighted by atomic mass is 35.5. The van der Waals surface area contributed by atoms with E-state index in [0.717, 1.165) is 17.7 Å². The fourth-order valence-corrected chi connectivity index (χ4v) is 2.42. The third kappa shape index (κ3) is 6.25. The molecule has 144 valence electrons. The molecule has 0 aliphatic rings. The Hall–Kier alpha value is -2.60. The second-order valence-electron chi connectivity index (χ2n) is 6.26. The molecule has 1 amide bonds. The first-order chi connectivity index (χ1) is 12.8. The van der Waals surface area contributed by atoms with E-state index in [4.69, 9.17) is 21.1 Å². The van der Waals surface area contributed by atoms with E-state index in [-0.39, 0.29) is 17.3 Å². The molecule has 2 aromatic carbocycles. The summed E-state index contributed by atoms with van der Waals surface area (Å²) in [6, 6.07) is 11.0. The second-order valence-corrected chi connectivity index (χ2v) is 6.67. The van der Waals surface area contributed by atoms with E-state index in [0.29, 0.717) is 11.7 Å². The number of hydrogen-bond acceptors (Lipinski definition) is 4. The minimum atomic E-state index is -1.06. The van der Waals surface area contributed by atoms with Crippen molar-refractivity contribution in [1.29, 1.82) is 0 Å². The number of hydrogen-bond donors (Lipinski definition) is 1. The van der Waals surface area contributed by atoms with Crippen LogP contribution in [-0.2, 0) is 14.3 Å². The van der Waals surface area contributed by atoms with Crippen molar-refractivity contribution in [1.82, 2.24) is 0 Å². The molecule has 7 heteroatoms. The molecule has 1 N–H and O–H groups in total. The Bertz CT molecular complexity index is 808. The average Bonchev–Trinajstić information content (AvgIpc) is 2.62. The summed E-state index contributed by atoms with van der Waals surface area (Å²) in [4.78, 5) is 23.9. The van der Waals surface area contributed by atoms with Gasteiger partial charge in [0.05, 0.1) is 10.7 Å². The first kappa shape index (κ1) is 20.7. The number of rotatable bonds is 7. The molecule has 2 rings (SSSR count). The fourth-order valence-electron chi connectivity index (χ4n) is 2.20. The molecule has 0 bridgehead atoms. The van der Waals surface area contributed by atoms with Crippen LogP contribution in [0, 0.1) is 5.82 Å². The number of carbonyl (C=O) groups is 2. The van der Waals surface area contributed by atoms with Gasteiger partial charge in [0.15, 0.2) is 12.7 Å². The number of carbonyl (C=O) groups excluding carboxylic acids is 2. The molecule has 27 heavy (non-hydrogen) atoms. The van der Waals surface area contributed by atoms with Crippen LogP contribution in [0.15, 0.2) is 42.5 Å². The van der Waals surface area contributed by atoms with Crippen molar-refractivity contribution in [2.45, 2.75) is 32.8 Å². The Labute approximate surface area is 162 Å². The molecular weight excluding hydrogens is 373 g/mol. The second kappa shape index (κ2) is 9.37. The van der Waals surface area contributed by atoms with Crippen LogP contribution < -0.4 is 10.1 Å². The number of benzene rings is 2. The molecule has 0 heterocycles. The largest absolute Gasteiger partial charge is 0.482 e. The van der Waals surface area contributed by atoms with Gasteiger partial charge >= 0.3 is 5.97 Å². The first-order valence-electron chi connectivity index (χ1n) is 8.44. The van der Waals surface area contributed by atoms with Crippen molar-refractivity contribution in [2.75, 3.05) is 11.9 Å². The number of amides is 1. The Morgan fingerprint density at radius 2 is 1.78 bits per heavy atom. The molecule has 0 aliphatic heterocycles. The van der Waals surface area contributed by atoms with E-state index >= 15 is 0 Å². The van der Waals surface area contributed by atoms with E-state index < -0.39 is 23.8 Å². The van der Waals surface area contributed by atoms with Crippen molar-refractivity contribution < 1.29 is 23.5 Å². The zero-order chi connectivity index (χ0) is 20.0. The predicted molar refractivity (Wildman–Crippen MR) is 102 cm³/mol. The van der Waals surface area contributed by atoms with Crippen molar-refractivity contribution in [2.24, 2.45) is 0 Å². The van der Waals surface area contributed by atoms with Gasteiger partial charge in [-0.05, 0) is 48.7 Å². The molecule has 0 saturated heterocycles. The number of esters is 1. The van der Waals surface area contributed by atoms with E-state index in [2.05, 4.69) is 19.2 Å². The fraction of sp³-hybridized carbons (Fsp3) is 0.300. The highest BCUT2D eigenvalue weighted by molar-refractivity contribution is 6.33. The van der Waals surface area contributed by atoms with Crippen LogP contribution in [0.25, 0.3) is 0 Å².